The molecule has 0 aliphatic carbocycles. The molecule has 3 N–H and O–H groups in total. The van der Waals surface area contributed by atoms with Crippen molar-refractivity contribution in [2.24, 2.45) is 0 Å². The van der Waals surface area contributed by atoms with Crippen molar-refractivity contribution in [1.82, 2.24) is 5.48 Å². The van der Waals surface area contributed by atoms with Crippen LogP contribution < -0.4 is 5.48 Å². The molecule has 0 aromatic rings. The highest BCUT2D eigenvalue weighted by Gasteiger charge is 2.24. The van der Waals surface area contributed by atoms with Gasteiger partial charge in [0.05, 0.1) is 7.11 Å². The summed E-state index contributed by atoms with van der Waals surface area (Å²) >= 11 is 0. The second-order valence-electron chi connectivity index (χ2n) is 1.94. The van der Waals surface area contributed by atoms with Crippen LogP contribution in [0.2, 0.25) is 0 Å². The molecule has 0 fully saturated rings. The summed E-state index contributed by atoms with van der Waals surface area (Å²) in [6, 6.07) is -0.928. The molecule has 0 unspecified atom stereocenters. The van der Waals surface area contributed by atoms with Gasteiger partial charge >= 0.3 is 13.8 Å². The molecule has 7 nitrogen and oxygen atoms in total. The van der Waals surface area contributed by atoms with Gasteiger partial charge in [0.1, 0.15) is 6.04 Å². The Balaban J connectivity index is 3.96. The average Bonchev–Trinajstić information content (AvgIpc) is 1.84. The lowest BCUT2D eigenvalue weighted by atomic mass is 10.4. The summed E-state index contributed by atoms with van der Waals surface area (Å²) in [5.74, 6) is -1.08. The summed E-state index contributed by atoms with van der Waals surface area (Å²) in [5.41, 5.74) is 2.15. The largest absolute Gasteiger partial charge is 0.527 e. The quantitative estimate of drug-likeness (QED) is 0.400. The van der Waals surface area contributed by atoms with Gasteiger partial charge in [0.15, 0.2) is 0 Å². The number of phosphoric acid groups is 1. The second-order valence-corrected chi connectivity index (χ2v) is 3.11. The third kappa shape index (κ3) is 5.22. The van der Waals surface area contributed by atoms with E-state index in [9.17, 15) is 9.36 Å². The maximum atomic E-state index is 10.7. The van der Waals surface area contributed by atoms with Gasteiger partial charge in [0.25, 0.3) is 0 Å². The molecule has 0 aliphatic heterocycles. The molecule has 12 heavy (non-hydrogen) atoms. The van der Waals surface area contributed by atoms with Gasteiger partial charge in [-0.25, -0.2) is 9.36 Å². The fourth-order valence-corrected chi connectivity index (χ4v) is 0.814. The molecule has 0 radical (unpaired) electrons. The molecule has 0 saturated carbocycles. The normalized spacial score (nSPS) is 14.0. The summed E-state index contributed by atoms with van der Waals surface area (Å²) in [6.45, 7) is 1.33. The third-order valence-corrected chi connectivity index (χ3v) is 1.27. The van der Waals surface area contributed by atoms with E-state index in [1.165, 1.54) is 14.0 Å². The van der Waals surface area contributed by atoms with Crippen LogP contribution in [0.1, 0.15) is 6.92 Å². The molecule has 0 aromatic heterocycles. The highest BCUT2D eigenvalue weighted by molar-refractivity contribution is 7.46. The van der Waals surface area contributed by atoms with E-state index in [1.54, 1.807) is 0 Å². The molecule has 0 heterocycles. The first-order valence-corrected chi connectivity index (χ1v) is 4.47. The molecular formula is C4H10NO6P. The molecule has 0 amide bonds. The van der Waals surface area contributed by atoms with Crippen molar-refractivity contribution >= 4 is 13.8 Å². The lowest BCUT2D eigenvalue weighted by Crippen LogP contribution is -2.33. The summed E-state index contributed by atoms with van der Waals surface area (Å²) < 4.78 is 13.9. The minimum Gasteiger partial charge on any atom is -0.369 e. The predicted octanol–water partition coefficient (Wildman–Crippen LogP) is -0.838. The van der Waals surface area contributed by atoms with Crippen LogP contribution in [0.25, 0.3) is 0 Å². The number of rotatable bonds is 4. The van der Waals surface area contributed by atoms with E-state index in [-0.39, 0.29) is 0 Å². The number of hydrogen-bond acceptors (Lipinski definition) is 5. The molecule has 1 atom stereocenters. The van der Waals surface area contributed by atoms with Gasteiger partial charge in [-0.3, -0.25) is 9.79 Å². The standard InChI is InChI=1S/C4H10NO6P/c1-3(5-10-2)4(6)11-12(7,8)9/h3,5H,1-2H3,(H2,7,8,9)/t3-/m0/s1. The number of phosphoric ester groups is 1. The van der Waals surface area contributed by atoms with E-state index in [2.05, 4.69) is 14.8 Å². The summed E-state index contributed by atoms with van der Waals surface area (Å²) in [7, 11) is -3.48. The van der Waals surface area contributed by atoms with Crippen LogP contribution in [0.5, 0.6) is 0 Å². The van der Waals surface area contributed by atoms with E-state index in [0.29, 0.717) is 0 Å². The predicted molar refractivity (Wildman–Crippen MR) is 37.7 cm³/mol. The zero-order chi connectivity index (χ0) is 9.78. The molecule has 0 spiro atoms. The molecule has 8 heteroatoms. The Hall–Kier alpha value is -0.460. The minimum absolute atomic E-state index is 0.928. The molecule has 72 valence electrons. The van der Waals surface area contributed by atoms with Crippen molar-refractivity contribution in [3.63, 3.8) is 0 Å². The zero-order valence-electron chi connectivity index (χ0n) is 6.55. The van der Waals surface area contributed by atoms with Crippen LogP contribution in [0.15, 0.2) is 0 Å². The highest BCUT2D eigenvalue weighted by atomic mass is 31.2. The maximum absolute atomic E-state index is 10.7. The molecule has 0 aromatic carbocycles. The van der Waals surface area contributed by atoms with Crippen LogP contribution in [-0.4, -0.2) is 28.9 Å². The molecular weight excluding hydrogens is 189 g/mol. The first-order valence-electron chi connectivity index (χ1n) is 2.94. The number of carbonyl (C=O) groups is 1. The van der Waals surface area contributed by atoms with Crippen molar-refractivity contribution in [2.75, 3.05) is 7.11 Å². The highest BCUT2D eigenvalue weighted by Crippen LogP contribution is 2.36. The maximum Gasteiger partial charge on any atom is 0.527 e. The van der Waals surface area contributed by atoms with Gasteiger partial charge in [-0.1, -0.05) is 0 Å². The Kier molecular flexibility index (Phi) is 4.36. The Morgan fingerprint density at radius 1 is 1.58 bits per heavy atom. The van der Waals surface area contributed by atoms with E-state index in [1.807, 2.05) is 0 Å². The Labute approximate surface area is 68.9 Å². The fourth-order valence-electron chi connectivity index (χ4n) is 0.421. The Morgan fingerprint density at radius 3 is 2.42 bits per heavy atom. The number of carbonyl (C=O) groups excluding carboxylic acids is 1. The van der Waals surface area contributed by atoms with Gasteiger partial charge in [0.2, 0.25) is 0 Å². The van der Waals surface area contributed by atoms with Crippen LogP contribution in [0, 0.1) is 0 Å². The number of hydroxylamine groups is 1. The Bertz CT molecular complexity index is 200. The first kappa shape index (κ1) is 11.5. The van der Waals surface area contributed by atoms with E-state index in [4.69, 9.17) is 9.79 Å². The lowest BCUT2D eigenvalue weighted by Gasteiger charge is -2.11. The van der Waals surface area contributed by atoms with Crippen molar-refractivity contribution in [3.8, 4) is 0 Å². The van der Waals surface area contributed by atoms with Crippen LogP contribution in [-0.2, 0) is 18.7 Å². The minimum atomic E-state index is -4.74. The van der Waals surface area contributed by atoms with Crippen molar-refractivity contribution in [1.29, 1.82) is 0 Å². The molecule has 0 aliphatic rings. The van der Waals surface area contributed by atoms with Crippen LogP contribution in [0.3, 0.4) is 0 Å². The summed E-state index contributed by atoms with van der Waals surface area (Å²) in [6.07, 6.45) is 0. The van der Waals surface area contributed by atoms with E-state index in [0.717, 1.165) is 0 Å². The van der Waals surface area contributed by atoms with Crippen molar-refractivity contribution < 1.29 is 28.5 Å². The van der Waals surface area contributed by atoms with Crippen LogP contribution >= 0.6 is 7.82 Å². The topological polar surface area (TPSA) is 105 Å². The van der Waals surface area contributed by atoms with Crippen LogP contribution in [0.4, 0.5) is 0 Å². The van der Waals surface area contributed by atoms with Crippen molar-refractivity contribution in [3.05, 3.63) is 0 Å². The average molecular weight is 199 g/mol. The van der Waals surface area contributed by atoms with Gasteiger partial charge < -0.3 is 9.36 Å². The summed E-state index contributed by atoms with van der Waals surface area (Å²) in [4.78, 5) is 31.4. The third-order valence-electron chi connectivity index (χ3n) is 0.857. The van der Waals surface area contributed by atoms with Gasteiger partial charge in [-0.15, -0.1) is 0 Å². The molecule has 0 bridgehead atoms. The second kappa shape index (κ2) is 4.54. The van der Waals surface area contributed by atoms with E-state index >= 15 is 0 Å². The fraction of sp³-hybridized carbons (Fsp3) is 0.750. The zero-order valence-corrected chi connectivity index (χ0v) is 7.45. The molecule has 0 saturated heterocycles. The lowest BCUT2D eigenvalue weighted by molar-refractivity contribution is -0.141. The van der Waals surface area contributed by atoms with E-state index < -0.39 is 19.8 Å². The number of hydrogen-bond donors (Lipinski definition) is 3. The SMILES string of the molecule is CON[C@@H](C)C(=O)OP(=O)(O)O. The van der Waals surface area contributed by atoms with Gasteiger partial charge in [-0.05, 0) is 6.92 Å². The van der Waals surface area contributed by atoms with Gasteiger partial charge in [0, 0.05) is 0 Å². The van der Waals surface area contributed by atoms with Crippen molar-refractivity contribution in [2.45, 2.75) is 13.0 Å². The first-order chi connectivity index (χ1) is 5.37. The molecule has 0 rings (SSSR count). The monoisotopic (exact) mass is 199 g/mol. The number of nitrogens with one attached hydrogen (secondary N) is 1. The smallest absolute Gasteiger partial charge is 0.369 e. The van der Waals surface area contributed by atoms with Gasteiger partial charge in [-0.2, -0.15) is 5.48 Å². The summed E-state index contributed by atoms with van der Waals surface area (Å²) in [5, 5.41) is 0. The Morgan fingerprint density at radius 2 is 2.08 bits per heavy atom.